The minimum Gasteiger partial charge on any atom is -0.508 e. The van der Waals surface area contributed by atoms with Crippen LogP contribution in [0.4, 0.5) is 0 Å². The molecular weight excluding hydrogens is 210 g/mol. The first-order valence-electron chi connectivity index (χ1n) is 5.07. The third-order valence-corrected chi connectivity index (χ3v) is 2.51. The molecule has 0 saturated carbocycles. The van der Waals surface area contributed by atoms with Crippen molar-refractivity contribution in [3.05, 3.63) is 24.3 Å². The first-order chi connectivity index (χ1) is 7.65. The van der Waals surface area contributed by atoms with E-state index in [9.17, 15) is 9.90 Å². The quantitative estimate of drug-likeness (QED) is 0.698. The normalized spacial score (nSPS) is 24.2. The fourth-order valence-electron chi connectivity index (χ4n) is 1.73. The van der Waals surface area contributed by atoms with Crippen LogP contribution in [0.2, 0.25) is 0 Å². The van der Waals surface area contributed by atoms with E-state index in [0.29, 0.717) is 18.7 Å². The molecule has 0 bridgehead atoms. The van der Waals surface area contributed by atoms with Gasteiger partial charge in [0, 0.05) is 19.0 Å². The van der Waals surface area contributed by atoms with Crippen LogP contribution in [0.1, 0.15) is 6.42 Å². The first kappa shape index (κ1) is 10.8. The second-order valence-electron chi connectivity index (χ2n) is 3.77. The van der Waals surface area contributed by atoms with E-state index in [1.54, 1.807) is 18.2 Å². The average Bonchev–Trinajstić information content (AvgIpc) is 2.66. The van der Waals surface area contributed by atoms with Crippen LogP contribution in [0, 0.1) is 0 Å². The summed E-state index contributed by atoms with van der Waals surface area (Å²) in [5, 5.41) is 20.9. The van der Waals surface area contributed by atoms with Crippen molar-refractivity contribution in [2.24, 2.45) is 0 Å². The summed E-state index contributed by atoms with van der Waals surface area (Å²) >= 11 is 0. The van der Waals surface area contributed by atoms with Gasteiger partial charge in [-0.2, -0.15) is 0 Å². The van der Waals surface area contributed by atoms with Gasteiger partial charge in [0.15, 0.2) is 0 Å². The molecule has 2 rings (SSSR count). The molecule has 1 saturated heterocycles. The summed E-state index contributed by atoms with van der Waals surface area (Å²) in [6, 6.07) is 5.94. The van der Waals surface area contributed by atoms with E-state index in [4.69, 9.17) is 9.84 Å². The number of phenolic OH excluding ortho intramolecular Hbond substituents is 1. The zero-order valence-corrected chi connectivity index (χ0v) is 8.59. The monoisotopic (exact) mass is 223 g/mol. The van der Waals surface area contributed by atoms with Crippen LogP contribution in [0.3, 0.4) is 0 Å². The number of hydrogen-bond acceptors (Lipinski definition) is 4. The summed E-state index contributed by atoms with van der Waals surface area (Å²) in [6.45, 7) is 0.507. The van der Waals surface area contributed by atoms with Crippen LogP contribution >= 0.6 is 0 Å². The van der Waals surface area contributed by atoms with Crippen LogP contribution in [0.25, 0.3) is 0 Å². The maximum atomic E-state index is 10.7. The lowest BCUT2D eigenvalue weighted by Gasteiger charge is -2.12. The molecule has 1 fully saturated rings. The lowest BCUT2D eigenvalue weighted by Crippen LogP contribution is -2.30. The van der Waals surface area contributed by atoms with Crippen LogP contribution in [-0.4, -0.2) is 34.9 Å². The molecule has 5 nitrogen and oxygen atoms in total. The first-order valence-corrected chi connectivity index (χ1v) is 5.07. The number of aromatic hydroxyl groups is 1. The molecule has 3 N–H and O–H groups in total. The van der Waals surface area contributed by atoms with Gasteiger partial charge in [0.05, 0.1) is 0 Å². The molecule has 1 aromatic rings. The number of nitrogens with one attached hydrogen (secondary N) is 1. The van der Waals surface area contributed by atoms with E-state index >= 15 is 0 Å². The standard InChI is InChI=1S/C11H13NO4/c13-7-2-1-3-8(4-7)16-9-5-10(11(14)15)12-6-9/h1-4,9-10,12-13H,5-6H2,(H,14,15)/t9-,10-/m0/s1. The maximum Gasteiger partial charge on any atom is 0.320 e. The van der Waals surface area contributed by atoms with Crippen molar-refractivity contribution in [3.8, 4) is 11.5 Å². The van der Waals surface area contributed by atoms with Gasteiger partial charge >= 0.3 is 5.97 Å². The zero-order chi connectivity index (χ0) is 11.5. The fraction of sp³-hybridized carbons (Fsp3) is 0.364. The Morgan fingerprint density at radius 3 is 2.94 bits per heavy atom. The second kappa shape index (κ2) is 4.40. The molecule has 1 aliphatic rings. The fourth-order valence-corrected chi connectivity index (χ4v) is 1.73. The SMILES string of the molecule is O=C(O)[C@@H]1C[C@H](Oc2cccc(O)c2)CN1. The number of rotatable bonds is 3. The van der Waals surface area contributed by atoms with E-state index in [1.165, 1.54) is 6.07 Å². The van der Waals surface area contributed by atoms with Gasteiger partial charge in [-0.25, -0.2) is 0 Å². The summed E-state index contributed by atoms with van der Waals surface area (Å²) in [5.41, 5.74) is 0. The van der Waals surface area contributed by atoms with Gasteiger partial charge in [-0.05, 0) is 12.1 Å². The average molecular weight is 223 g/mol. The summed E-state index contributed by atoms with van der Waals surface area (Å²) in [5.74, 6) is -0.168. The minimum atomic E-state index is -0.859. The van der Waals surface area contributed by atoms with E-state index in [0.717, 1.165) is 0 Å². The Balaban J connectivity index is 1.94. The lowest BCUT2D eigenvalue weighted by molar-refractivity contribution is -0.139. The van der Waals surface area contributed by atoms with Crippen molar-refractivity contribution < 1.29 is 19.7 Å². The molecule has 0 aliphatic carbocycles. The van der Waals surface area contributed by atoms with E-state index in [-0.39, 0.29) is 11.9 Å². The Morgan fingerprint density at radius 2 is 2.31 bits per heavy atom. The van der Waals surface area contributed by atoms with Crippen molar-refractivity contribution in [3.63, 3.8) is 0 Å². The Hall–Kier alpha value is -1.75. The van der Waals surface area contributed by atoms with E-state index in [2.05, 4.69) is 5.32 Å². The van der Waals surface area contributed by atoms with Crippen LogP contribution in [0.5, 0.6) is 11.5 Å². The molecule has 1 aromatic carbocycles. The third-order valence-electron chi connectivity index (χ3n) is 2.51. The predicted octanol–water partition coefficient (Wildman–Crippen LogP) is 0.586. The van der Waals surface area contributed by atoms with Crippen molar-refractivity contribution in [2.45, 2.75) is 18.6 Å². The summed E-state index contributed by atoms with van der Waals surface area (Å²) < 4.78 is 5.55. The van der Waals surface area contributed by atoms with Crippen molar-refractivity contribution in [1.82, 2.24) is 5.32 Å². The predicted molar refractivity (Wildman–Crippen MR) is 56.6 cm³/mol. The molecule has 1 heterocycles. The minimum absolute atomic E-state index is 0.137. The summed E-state index contributed by atoms with van der Waals surface area (Å²) in [4.78, 5) is 10.7. The smallest absolute Gasteiger partial charge is 0.320 e. The molecule has 0 amide bonds. The van der Waals surface area contributed by atoms with Gasteiger partial charge in [0.1, 0.15) is 23.6 Å². The van der Waals surface area contributed by atoms with Gasteiger partial charge in [0.2, 0.25) is 0 Å². The Kier molecular flexibility index (Phi) is 2.96. The zero-order valence-electron chi connectivity index (χ0n) is 8.59. The number of hydrogen-bond donors (Lipinski definition) is 3. The van der Waals surface area contributed by atoms with Crippen LogP contribution in [-0.2, 0) is 4.79 Å². The highest BCUT2D eigenvalue weighted by Gasteiger charge is 2.30. The highest BCUT2D eigenvalue weighted by Crippen LogP contribution is 2.21. The van der Waals surface area contributed by atoms with Gasteiger partial charge in [-0.1, -0.05) is 6.07 Å². The molecular formula is C11H13NO4. The maximum absolute atomic E-state index is 10.7. The number of aliphatic carboxylic acids is 1. The highest BCUT2D eigenvalue weighted by molar-refractivity contribution is 5.73. The van der Waals surface area contributed by atoms with Crippen molar-refractivity contribution in [2.75, 3.05) is 6.54 Å². The Labute approximate surface area is 92.7 Å². The number of carboxylic acids is 1. The Bertz CT molecular complexity index is 393. The topological polar surface area (TPSA) is 78.8 Å². The molecule has 1 aliphatic heterocycles. The number of carbonyl (C=O) groups is 1. The molecule has 0 aromatic heterocycles. The van der Waals surface area contributed by atoms with Crippen LogP contribution in [0.15, 0.2) is 24.3 Å². The van der Waals surface area contributed by atoms with E-state index < -0.39 is 12.0 Å². The largest absolute Gasteiger partial charge is 0.508 e. The molecule has 5 heteroatoms. The third kappa shape index (κ3) is 2.43. The Morgan fingerprint density at radius 1 is 1.50 bits per heavy atom. The molecule has 0 radical (unpaired) electrons. The van der Waals surface area contributed by atoms with Crippen molar-refractivity contribution >= 4 is 5.97 Å². The molecule has 0 unspecified atom stereocenters. The van der Waals surface area contributed by atoms with Crippen LogP contribution < -0.4 is 10.1 Å². The second-order valence-corrected chi connectivity index (χ2v) is 3.77. The number of carboxylic acid groups (broad SMARTS) is 1. The highest BCUT2D eigenvalue weighted by atomic mass is 16.5. The van der Waals surface area contributed by atoms with Gasteiger partial charge in [0.25, 0.3) is 0 Å². The number of benzene rings is 1. The lowest BCUT2D eigenvalue weighted by atomic mass is 10.2. The molecule has 2 atom stereocenters. The molecule has 16 heavy (non-hydrogen) atoms. The summed E-state index contributed by atoms with van der Waals surface area (Å²) in [7, 11) is 0. The number of ether oxygens (including phenoxy) is 1. The summed E-state index contributed by atoms with van der Waals surface area (Å²) in [6.07, 6.45) is 0.272. The van der Waals surface area contributed by atoms with Gasteiger partial charge in [-0.3, -0.25) is 4.79 Å². The van der Waals surface area contributed by atoms with E-state index in [1.807, 2.05) is 0 Å². The van der Waals surface area contributed by atoms with Crippen molar-refractivity contribution in [1.29, 1.82) is 0 Å². The molecule has 0 spiro atoms. The van der Waals surface area contributed by atoms with Gasteiger partial charge in [-0.15, -0.1) is 0 Å². The number of phenols is 1. The van der Waals surface area contributed by atoms with Gasteiger partial charge < -0.3 is 20.3 Å². The molecule has 86 valence electrons.